The Labute approximate surface area is 92.2 Å². The van der Waals surface area contributed by atoms with Gasteiger partial charge in [-0.15, -0.1) is 0 Å². The molecule has 0 aliphatic rings. The molecule has 80 valence electrons. The topological polar surface area (TPSA) is 92.0 Å². The van der Waals surface area contributed by atoms with Crippen LogP contribution in [0.2, 0.25) is 0 Å². The smallest absolute Gasteiger partial charge is 0.423 e. The number of hydrogen-bond acceptors (Lipinski definition) is 6. The van der Waals surface area contributed by atoms with Crippen LogP contribution in [0.15, 0.2) is 24.8 Å². The molecule has 0 amide bonds. The van der Waals surface area contributed by atoms with Crippen molar-refractivity contribution >= 4 is 12.6 Å². The summed E-state index contributed by atoms with van der Waals surface area (Å²) in [5.74, 6) is 1.12. The molecule has 0 spiro atoms. The Bertz CT molecular complexity index is 472. The van der Waals surface area contributed by atoms with Crippen molar-refractivity contribution < 1.29 is 10.0 Å². The highest BCUT2D eigenvalue weighted by Gasteiger charge is 2.12. The minimum Gasteiger partial charge on any atom is -0.423 e. The molecule has 0 aromatic carbocycles. The van der Waals surface area contributed by atoms with Gasteiger partial charge in [-0.2, -0.15) is 0 Å². The molecule has 2 heterocycles. The highest BCUT2D eigenvalue weighted by molar-refractivity contribution is 6.58. The fraction of sp³-hybridized carbons (Fsp3) is 0.111. The minimum absolute atomic E-state index is 0.247. The van der Waals surface area contributed by atoms with Crippen molar-refractivity contribution in [3.8, 4) is 11.4 Å². The van der Waals surface area contributed by atoms with Crippen molar-refractivity contribution in [1.29, 1.82) is 0 Å². The molecule has 0 atom stereocenters. The van der Waals surface area contributed by atoms with Gasteiger partial charge in [-0.1, -0.05) is 0 Å². The van der Waals surface area contributed by atoms with Crippen LogP contribution >= 0.6 is 0 Å². The van der Waals surface area contributed by atoms with E-state index in [9.17, 15) is 0 Å². The van der Waals surface area contributed by atoms with Crippen molar-refractivity contribution in [3.05, 3.63) is 30.6 Å². The summed E-state index contributed by atoms with van der Waals surface area (Å²) in [6.45, 7) is 1.79. The van der Waals surface area contributed by atoms with Gasteiger partial charge >= 0.3 is 7.12 Å². The predicted octanol–water partition coefficient (Wildman–Crippen LogP) is -1.08. The highest BCUT2D eigenvalue weighted by atomic mass is 16.4. The molecule has 0 aliphatic carbocycles. The molecule has 0 aliphatic heterocycles. The first-order valence-corrected chi connectivity index (χ1v) is 4.64. The lowest BCUT2D eigenvalue weighted by atomic mass is 9.83. The highest BCUT2D eigenvalue weighted by Crippen LogP contribution is 2.09. The maximum absolute atomic E-state index is 8.87. The number of rotatable bonds is 2. The molecular weight excluding hydrogens is 207 g/mol. The Morgan fingerprint density at radius 2 is 1.50 bits per heavy atom. The van der Waals surface area contributed by atoms with Gasteiger partial charge in [-0.25, -0.2) is 19.9 Å². The second-order valence-electron chi connectivity index (χ2n) is 3.23. The van der Waals surface area contributed by atoms with Crippen molar-refractivity contribution in [1.82, 2.24) is 19.9 Å². The lowest BCUT2D eigenvalue weighted by Gasteiger charge is -2.01. The van der Waals surface area contributed by atoms with Crippen LogP contribution in [-0.2, 0) is 0 Å². The fourth-order valence-electron chi connectivity index (χ4n) is 1.13. The molecular formula is C9H9BN4O2. The van der Waals surface area contributed by atoms with Crippen LogP contribution in [0.1, 0.15) is 5.82 Å². The Kier molecular flexibility index (Phi) is 2.89. The van der Waals surface area contributed by atoms with Gasteiger partial charge in [0.1, 0.15) is 5.82 Å². The SMILES string of the molecule is Cc1ncc(-c2ncc(B(O)O)cn2)cn1. The average Bonchev–Trinajstić information content (AvgIpc) is 2.30. The van der Waals surface area contributed by atoms with Gasteiger partial charge in [0.2, 0.25) is 0 Å². The van der Waals surface area contributed by atoms with Gasteiger partial charge in [0.15, 0.2) is 5.82 Å². The van der Waals surface area contributed by atoms with Crippen LogP contribution in [0.3, 0.4) is 0 Å². The molecule has 2 aromatic rings. The first kappa shape index (κ1) is 10.7. The van der Waals surface area contributed by atoms with E-state index in [0.29, 0.717) is 17.2 Å². The lowest BCUT2D eigenvalue weighted by Crippen LogP contribution is -2.30. The van der Waals surface area contributed by atoms with Crippen molar-refractivity contribution in [3.63, 3.8) is 0 Å². The maximum atomic E-state index is 8.87. The van der Waals surface area contributed by atoms with E-state index in [2.05, 4.69) is 19.9 Å². The third kappa shape index (κ3) is 2.21. The normalized spacial score (nSPS) is 10.2. The van der Waals surface area contributed by atoms with Crippen LogP contribution in [0.25, 0.3) is 11.4 Å². The first-order chi connectivity index (χ1) is 7.66. The van der Waals surface area contributed by atoms with E-state index in [1.807, 2.05) is 0 Å². The van der Waals surface area contributed by atoms with Gasteiger partial charge in [0.05, 0.1) is 5.56 Å². The summed E-state index contributed by atoms with van der Waals surface area (Å²) in [6, 6.07) is 0. The van der Waals surface area contributed by atoms with Crippen molar-refractivity contribution in [2.24, 2.45) is 0 Å². The van der Waals surface area contributed by atoms with Gasteiger partial charge < -0.3 is 10.0 Å². The molecule has 2 N–H and O–H groups in total. The fourth-order valence-corrected chi connectivity index (χ4v) is 1.13. The summed E-state index contributed by atoms with van der Waals surface area (Å²) >= 11 is 0. The molecule has 7 heteroatoms. The van der Waals surface area contributed by atoms with Crippen LogP contribution in [0, 0.1) is 6.92 Å². The van der Waals surface area contributed by atoms with Crippen molar-refractivity contribution in [2.45, 2.75) is 6.92 Å². The zero-order valence-electron chi connectivity index (χ0n) is 8.57. The minimum atomic E-state index is -1.55. The van der Waals surface area contributed by atoms with E-state index in [4.69, 9.17) is 10.0 Å². The van der Waals surface area contributed by atoms with E-state index in [1.165, 1.54) is 12.4 Å². The monoisotopic (exact) mass is 216 g/mol. The summed E-state index contributed by atoms with van der Waals surface area (Å²) in [5.41, 5.74) is 0.932. The molecule has 2 aromatic heterocycles. The molecule has 0 unspecified atom stereocenters. The molecule has 0 saturated carbocycles. The van der Waals surface area contributed by atoms with E-state index in [1.54, 1.807) is 19.3 Å². The van der Waals surface area contributed by atoms with E-state index < -0.39 is 7.12 Å². The molecule has 0 bridgehead atoms. The van der Waals surface area contributed by atoms with Crippen LogP contribution in [0.4, 0.5) is 0 Å². The quantitative estimate of drug-likeness (QED) is 0.620. The van der Waals surface area contributed by atoms with Crippen LogP contribution in [-0.4, -0.2) is 37.1 Å². The predicted molar refractivity (Wildman–Crippen MR) is 57.6 cm³/mol. The van der Waals surface area contributed by atoms with Crippen LogP contribution < -0.4 is 5.46 Å². The second kappa shape index (κ2) is 4.34. The Balaban J connectivity index is 2.31. The lowest BCUT2D eigenvalue weighted by molar-refractivity contribution is 0.425. The van der Waals surface area contributed by atoms with Crippen molar-refractivity contribution in [2.75, 3.05) is 0 Å². The van der Waals surface area contributed by atoms with Crippen LogP contribution in [0.5, 0.6) is 0 Å². The summed E-state index contributed by atoms with van der Waals surface area (Å²) in [4.78, 5) is 16.0. The second-order valence-corrected chi connectivity index (χ2v) is 3.23. The summed E-state index contributed by atoms with van der Waals surface area (Å²) in [5, 5.41) is 17.7. The Morgan fingerprint density at radius 3 is 2.00 bits per heavy atom. The summed E-state index contributed by atoms with van der Waals surface area (Å²) < 4.78 is 0. The standard InChI is InChI=1S/C9H9BN4O2/c1-6-11-2-7(3-12-6)9-13-4-8(5-14-9)10(15)16/h2-5,15-16H,1H3. The average molecular weight is 216 g/mol. The third-order valence-corrected chi connectivity index (χ3v) is 2.01. The molecule has 6 nitrogen and oxygen atoms in total. The molecule has 16 heavy (non-hydrogen) atoms. The van der Waals surface area contributed by atoms with E-state index in [-0.39, 0.29) is 5.46 Å². The van der Waals surface area contributed by atoms with E-state index >= 15 is 0 Å². The molecule has 2 rings (SSSR count). The number of aryl methyl sites for hydroxylation is 1. The summed E-state index contributed by atoms with van der Waals surface area (Å²) in [7, 11) is -1.55. The maximum Gasteiger partial charge on any atom is 0.491 e. The number of nitrogens with zero attached hydrogens (tertiary/aromatic N) is 4. The Morgan fingerprint density at radius 1 is 0.938 bits per heavy atom. The largest absolute Gasteiger partial charge is 0.491 e. The summed E-state index contributed by atoms with van der Waals surface area (Å²) in [6.07, 6.45) is 5.94. The van der Waals surface area contributed by atoms with Gasteiger partial charge in [0.25, 0.3) is 0 Å². The first-order valence-electron chi connectivity index (χ1n) is 4.64. The molecule has 0 radical (unpaired) electrons. The van der Waals surface area contributed by atoms with Gasteiger partial charge in [-0.3, -0.25) is 0 Å². The van der Waals surface area contributed by atoms with Gasteiger partial charge in [-0.05, 0) is 6.92 Å². The molecule has 0 fully saturated rings. The zero-order chi connectivity index (χ0) is 11.5. The van der Waals surface area contributed by atoms with E-state index in [0.717, 1.165) is 0 Å². The Hall–Kier alpha value is -1.86. The zero-order valence-corrected chi connectivity index (χ0v) is 8.57. The number of hydrogen-bond donors (Lipinski definition) is 2. The molecule has 0 saturated heterocycles. The van der Waals surface area contributed by atoms with Gasteiger partial charge in [0, 0.05) is 30.3 Å². The third-order valence-electron chi connectivity index (χ3n) is 2.01. The number of aromatic nitrogens is 4.